The highest BCUT2D eigenvalue weighted by Crippen LogP contribution is 2.85. The van der Waals surface area contributed by atoms with Crippen molar-refractivity contribution >= 4 is 5.78 Å². The van der Waals surface area contributed by atoms with Crippen molar-refractivity contribution in [3.8, 4) is 0 Å². The third-order valence-electron chi connectivity index (χ3n) is 7.19. The summed E-state index contributed by atoms with van der Waals surface area (Å²) in [6.07, 6.45) is 0.785. The minimum atomic E-state index is 0.0643. The Bertz CT molecular complexity index is 776. The summed E-state index contributed by atoms with van der Waals surface area (Å²) in [6.45, 7) is 4.81. The van der Waals surface area contributed by atoms with Gasteiger partial charge >= 0.3 is 0 Å². The second kappa shape index (κ2) is 4.14. The van der Waals surface area contributed by atoms with Crippen LogP contribution in [0, 0.1) is 23.2 Å². The number of carbonyl (C=O) groups is 1. The van der Waals surface area contributed by atoms with Crippen molar-refractivity contribution in [2.75, 3.05) is 0 Å². The summed E-state index contributed by atoms with van der Waals surface area (Å²) in [5.41, 5.74) is 2.98. The van der Waals surface area contributed by atoms with Crippen LogP contribution in [0.2, 0.25) is 0 Å². The number of benzene rings is 2. The molecule has 2 aromatic rings. The molecule has 0 aliphatic heterocycles. The van der Waals surface area contributed by atoms with Crippen molar-refractivity contribution in [1.82, 2.24) is 0 Å². The van der Waals surface area contributed by atoms with Gasteiger partial charge in [-0.15, -0.1) is 0 Å². The van der Waals surface area contributed by atoms with Crippen molar-refractivity contribution in [2.24, 2.45) is 23.2 Å². The molecule has 0 radical (unpaired) electrons. The van der Waals surface area contributed by atoms with Gasteiger partial charge in [0.15, 0.2) is 0 Å². The van der Waals surface area contributed by atoms with Crippen LogP contribution in [0.15, 0.2) is 60.7 Å². The molecular formula is C22H22O. The molecule has 0 bridgehead atoms. The lowest BCUT2D eigenvalue weighted by molar-refractivity contribution is -0.119. The van der Waals surface area contributed by atoms with Gasteiger partial charge in [-0.3, -0.25) is 4.79 Å². The predicted molar refractivity (Wildman–Crippen MR) is 91.2 cm³/mol. The van der Waals surface area contributed by atoms with Crippen LogP contribution in [-0.4, -0.2) is 5.78 Å². The van der Waals surface area contributed by atoms with E-state index in [-0.39, 0.29) is 16.7 Å². The molecule has 0 aromatic heterocycles. The number of fused-ring (bicyclic) bond motifs is 1. The smallest absolute Gasteiger partial charge is 0.137 e. The summed E-state index contributed by atoms with van der Waals surface area (Å²) in [5.74, 6) is 2.33. The van der Waals surface area contributed by atoms with Crippen molar-refractivity contribution in [3.05, 3.63) is 71.8 Å². The molecule has 0 N–H and O–H groups in total. The Hall–Kier alpha value is -1.89. The first kappa shape index (κ1) is 13.5. The molecule has 3 aliphatic rings. The van der Waals surface area contributed by atoms with Gasteiger partial charge in [0.05, 0.1) is 0 Å². The van der Waals surface area contributed by atoms with Crippen molar-refractivity contribution in [2.45, 2.75) is 31.6 Å². The molecule has 1 heteroatoms. The zero-order valence-electron chi connectivity index (χ0n) is 13.7. The van der Waals surface area contributed by atoms with Gasteiger partial charge in [0.25, 0.3) is 0 Å². The maximum atomic E-state index is 12.7. The van der Waals surface area contributed by atoms with E-state index in [1.165, 1.54) is 11.1 Å². The Kier molecular flexibility index (Phi) is 2.44. The Balaban J connectivity index is 1.71. The molecular weight excluding hydrogens is 280 g/mol. The van der Waals surface area contributed by atoms with E-state index < -0.39 is 0 Å². The van der Waals surface area contributed by atoms with Gasteiger partial charge in [-0.1, -0.05) is 74.5 Å². The maximum absolute atomic E-state index is 12.7. The van der Waals surface area contributed by atoms with E-state index in [2.05, 4.69) is 74.5 Å². The topological polar surface area (TPSA) is 17.1 Å². The van der Waals surface area contributed by atoms with Crippen LogP contribution < -0.4 is 0 Å². The second-order valence-electron chi connectivity index (χ2n) is 8.18. The molecule has 3 fully saturated rings. The average molecular weight is 302 g/mol. The summed E-state index contributed by atoms with van der Waals surface area (Å²) in [4.78, 5) is 12.7. The molecule has 0 spiro atoms. The first-order chi connectivity index (χ1) is 11.1. The Morgan fingerprint density at radius 2 is 1.48 bits per heavy atom. The molecule has 23 heavy (non-hydrogen) atoms. The summed E-state index contributed by atoms with van der Waals surface area (Å²) in [6, 6.07) is 21.7. The van der Waals surface area contributed by atoms with Gasteiger partial charge in [0.1, 0.15) is 5.78 Å². The first-order valence-corrected chi connectivity index (χ1v) is 8.73. The van der Waals surface area contributed by atoms with Crippen LogP contribution >= 0.6 is 0 Å². The van der Waals surface area contributed by atoms with Crippen LogP contribution in [0.5, 0.6) is 0 Å². The van der Waals surface area contributed by atoms with Crippen LogP contribution in [0.3, 0.4) is 0 Å². The number of rotatable bonds is 2. The number of ketones is 1. The minimum Gasteiger partial charge on any atom is -0.299 e. The number of carbonyl (C=O) groups excluding carboxylic acids is 1. The third kappa shape index (κ3) is 1.38. The molecule has 5 rings (SSSR count). The highest BCUT2D eigenvalue weighted by Gasteiger charge is 2.85. The normalized spacial score (nSPS) is 39.3. The van der Waals surface area contributed by atoms with E-state index in [0.29, 0.717) is 23.5 Å². The summed E-state index contributed by atoms with van der Waals surface area (Å²) in [5, 5.41) is 0. The SMILES string of the molecule is CC1(C)[C@@H](c2ccccc2)[C@@H]2CC(=O)[C@@H]3[C@@H]2[C@@]31c1ccccc1. The molecule has 0 heterocycles. The second-order valence-corrected chi connectivity index (χ2v) is 8.18. The van der Waals surface area contributed by atoms with Gasteiger partial charge in [0.2, 0.25) is 0 Å². The molecule has 1 nitrogen and oxygen atoms in total. The Morgan fingerprint density at radius 3 is 2.13 bits per heavy atom. The van der Waals surface area contributed by atoms with E-state index in [0.717, 1.165) is 6.42 Å². The van der Waals surface area contributed by atoms with Crippen molar-refractivity contribution in [1.29, 1.82) is 0 Å². The highest BCUT2D eigenvalue weighted by atomic mass is 16.1. The number of hydrogen-bond acceptors (Lipinski definition) is 1. The molecule has 3 aliphatic carbocycles. The first-order valence-electron chi connectivity index (χ1n) is 8.73. The van der Waals surface area contributed by atoms with Gasteiger partial charge in [-0.25, -0.2) is 0 Å². The predicted octanol–water partition coefficient (Wildman–Crippen LogP) is 4.58. The largest absolute Gasteiger partial charge is 0.299 e. The lowest BCUT2D eigenvalue weighted by atomic mass is 9.64. The number of Topliss-reactive ketones (excluding diaryl/α,β-unsaturated/α-hetero) is 1. The summed E-state index contributed by atoms with van der Waals surface area (Å²) < 4.78 is 0. The summed E-state index contributed by atoms with van der Waals surface area (Å²) >= 11 is 0. The molecule has 2 aromatic carbocycles. The molecule has 0 amide bonds. The van der Waals surface area contributed by atoms with E-state index in [1.807, 2.05) is 0 Å². The monoisotopic (exact) mass is 302 g/mol. The van der Waals surface area contributed by atoms with E-state index >= 15 is 0 Å². The van der Waals surface area contributed by atoms with Crippen LogP contribution in [0.25, 0.3) is 0 Å². The molecule has 3 saturated carbocycles. The quantitative estimate of drug-likeness (QED) is 0.793. The van der Waals surface area contributed by atoms with Gasteiger partial charge in [-0.05, 0) is 34.3 Å². The maximum Gasteiger partial charge on any atom is 0.137 e. The fourth-order valence-corrected chi connectivity index (χ4v) is 6.67. The lowest BCUT2D eigenvalue weighted by Gasteiger charge is -2.39. The average Bonchev–Trinajstić information content (AvgIpc) is 3.13. The van der Waals surface area contributed by atoms with Crippen LogP contribution in [0.1, 0.15) is 37.3 Å². The van der Waals surface area contributed by atoms with Crippen molar-refractivity contribution < 1.29 is 4.79 Å². The fraction of sp³-hybridized carbons (Fsp3) is 0.409. The van der Waals surface area contributed by atoms with Gasteiger partial charge < -0.3 is 0 Å². The summed E-state index contributed by atoms with van der Waals surface area (Å²) in [7, 11) is 0. The van der Waals surface area contributed by atoms with E-state index in [9.17, 15) is 4.79 Å². The molecule has 0 unspecified atom stereocenters. The van der Waals surface area contributed by atoms with E-state index in [1.54, 1.807) is 0 Å². The fourth-order valence-electron chi connectivity index (χ4n) is 6.67. The standard InChI is InChI=1S/C22H22O/c1-21(2)18(14-9-5-3-6-10-14)16-13-17(23)20-19(16)22(20,21)15-11-7-4-8-12-15/h3-12,16,18-20H,13H2,1-2H3/t16-,18-,19+,20+,22-/m0/s1. The minimum absolute atomic E-state index is 0.0643. The van der Waals surface area contributed by atoms with Gasteiger partial charge in [-0.2, -0.15) is 0 Å². The van der Waals surface area contributed by atoms with Crippen LogP contribution in [0.4, 0.5) is 0 Å². The van der Waals surface area contributed by atoms with Crippen LogP contribution in [-0.2, 0) is 10.2 Å². The Labute approximate surface area is 137 Å². The molecule has 0 saturated heterocycles. The van der Waals surface area contributed by atoms with Gasteiger partial charge in [0, 0.05) is 17.8 Å². The number of hydrogen-bond donors (Lipinski definition) is 0. The molecule has 5 atom stereocenters. The Morgan fingerprint density at radius 1 is 0.870 bits per heavy atom. The third-order valence-corrected chi connectivity index (χ3v) is 7.19. The zero-order chi connectivity index (χ0) is 15.8. The van der Waals surface area contributed by atoms with E-state index in [4.69, 9.17) is 0 Å². The highest BCUT2D eigenvalue weighted by molar-refractivity contribution is 5.92. The molecule has 116 valence electrons. The van der Waals surface area contributed by atoms with Crippen molar-refractivity contribution in [3.63, 3.8) is 0 Å². The zero-order valence-corrected chi connectivity index (χ0v) is 13.7. The lowest BCUT2D eigenvalue weighted by Crippen LogP contribution is -2.34.